The van der Waals surface area contributed by atoms with E-state index < -0.39 is 0 Å². The topological polar surface area (TPSA) is 23.8 Å². The van der Waals surface area contributed by atoms with Gasteiger partial charge in [0, 0.05) is 10.6 Å². The molecule has 2 rings (SSSR count). The smallest absolute Gasteiger partial charge is 0.0953 e. The van der Waals surface area contributed by atoms with Crippen molar-refractivity contribution < 1.29 is 0 Å². The molecule has 0 unspecified atom stereocenters. The van der Waals surface area contributed by atoms with Crippen molar-refractivity contribution in [2.45, 2.75) is 12.8 Å². The summed E-state index contributed by atoms with van der Waals surface area (Å²) in [5.74, 6) is 0. The van der Waals surface area contributed by atoms with Gasteiger partial charge >= 0.3 is 0 Å². The summed E-state index contributed by atoms with van der Waals surface area (Å²) in [4.78, 5) is 0. The molecule has 0 spiro atoms. The van der Waals surface area contributed by atoms with E-state index in [-0.39, 0.29) is 0 Å². The van der Waals surface area contributed by atoms with Crippen LogP contribution in [-0.4, -0.2) is 0 Å². The van der Waals surface area contributed by atoms with E-state index in [0.29, 0.717) is 0 Å². The molecule has 0 aliphatic heterocycles. The van der Waals surface area contributed by atoms with E-state index in [1.165, 1.54) is 0 Å². The minimum absolute atomic E-state index is 0.746. The van der Waals surface area contributed by atoms with Gasteiger partial charge in [-0.2, -0.15) is 5.26 Å². The number of rotatable bonds is 1. The van der Waals surface area contributed by atoms with Crippen LogP contribution in [0.25, 0.3) is 5.57 Å². The number of nitrogens with zero attached hydrogens (tertiary/aromatic N) is 1. The zero-order chi connectivity index (χ0) is 10.7. The van der Waals surface area contributed by atoms with E-state index in [2.05, 4.69) is 6.07 Å². The molecule has 0 saturated heterocycles. The molecule has 1 nitrogen and oxygen atoms in total. The standard InChI is InChI=1S/C13H10ClN/c14-12-7-6-11(9-15)13(8-12)10-4-2-1-3-5-10/h1-5,8H,6-7H2. The molecule has 2 heteroatoms. The molecule has 74 valence electrons. The quantitative estimate of drug-likeness (QED) is 0.698. The predicted octanol–water partition coefficient (Wildman–Crippen LogP) is 3.88. The molecule has 0 amide bonds. The second-order valence-corrected chi connectivity index (χ2v) is 3.95. The molecule has 0 saturated carbocycles. The number of nitriles is 1. The van der Waals surface area contributed by atoms with Crippen molar-refractivity contribution in [3.63, 3.8) is 0 Å². The Morgan fingerprint density at radius 2 is 1.87 bits per heavy atom. The van der Waals surface area contributed by atoms with Crippen molar-refractivity contribution in [2.75, 3.05) is 0 Å². The van der Waals surface area contributed by atoms with Gasteiger partial charge in [0.2, 0.25) is 0 Å². The van der Waals surface area contributed by atoms with Gasteiger partial charge in [-0.1, -0.05) is 41.9 Å². The lowest BCUT2D eigenvalue weighted by molar-refractivity contribution is 0.983. The summed E-state index contributed by atoms with van der Waals surface area (Å²) < 4.78 is 0. The monoisotopic (exact) mass is 215 g/mol. The van der Waals surface area contributed by atoms with Crippen LogP contribution in [0.4, 0.5) is 0 Å². The molecule has 0 radical (unpaired) electrons. The van der Waals surface area contributed by atoms with E-state index in [9.17, 15) is 0 Å². The van der Waals surface area contributed by atoms with Gasteiger partial charge in [0.15, 0.2) is 0 Å². The molecule has 0 bridgehead atoms. The Labute approximate surface area is 94.3 Å². The van der Waals surface area contributed by atoms with Crippen LogP contribution in [0, 0.1) is 11.3 Å². The van der Waals surface area contributed by atoms with Crippen LogP contribution in [0.5, 0.6) is 0 Å². The maximum absolute atomic E-state index is 9.03. The number of hydrogen-bond donors (Lipinski definition) is 0. The first-order valence-corrected chi connectivity index (χ1v) is 5.24. The van der Waals surface area contributed by atoms with Crippen molar-refractivity contribution in [2.24, 2.45) is 0 Å². The highest BCUT2D eigenvalue weighted by Crippen LogP contribution is 2.31. The van der Waals surface area contributed by atoms with Gasteiger partial charge in [-0.05, 0) is 30.1 Å². The minimum Gasteiger partial charge on any atom is -0.193 e. The molecular weight excluding hydrogens is 206 g/mol. The normalized spacial score (nSPS) is 15.9. The predicted molar refractivity (Wildman–Crippen MR) is 62.1 cm³/mol. The summed E-state index contributed by atoms with van der Waals surface area (Å²) >= 11 is 6.00. The lowest BCUT2D eigenvalue weighted by Crippen LogP contribution is -1.95. The SMILES string of the molecule is N#CC1=C(c2ccccc2)C=C(Cl)CC1. The highest BCUT2D eigenvalue weighted by atomic mass is 35.5. The highest BCUT2D eigenvalue weighted by molar-refractivity contribution is 6.30. The Bertz CT molecular complexity index is 463. The number of allylic oxidation sites excluding steroid dienone is 4. The molecule has 1 aromatic rings. The third-order valence-corrected chi connectivity index (χ3v) is 2.76. The van der Waals surface area contributed by atoms with E-state index >= 15 is 0 Å². The van der Waals surface area contributed by atoms with E-state index in [0.717, 1.165) is 34.6 Å². The van der Waals surface area contributed by atoms with Crippen molar-refractivity contribution in [1.29, 1.82) is 5.26 Å². The Morgan fingerprint density at radius 3 is 2.53 bits per heavy atom. The summed E-state index contributed by atoms with van der Waals surface area (Å²) in [7, 11) is 0. The molecule has 0 N–H and O–H groups in total. The molecular formula is C13H10ClN. The zero-order valence-electron chi connectivity index (χ0n) is 8.20. The van der Waals surface area contributed by atoms with Crippen LogP contribution in [0.15, 0.2) is 47.0 Å². The Hall–Kier alpha value is -1.52. The van der Waals surface area contributed by atoms with Crippen LogP contribution in [-0.2, 0) is 0 Å². The maximum Gasteiger partial charge on any atom is 0.0953 e. The maximum atomic E-state index is 9.03. The van der Waals surface area contributed by atoms with Crippen molar-refractivity contribution in [1.82, 2.24) is 0 Å². The fourth-order valence-corrected chi connectivity index (χ4v) is 1.89. The first-order valence-electron chi connectivity index (χ1n) is 4.86. The summed E-state index contributed by atoms with van der Waals surface area (Å²) in [5, 5.41) is 9.86. The van der Waals surface area contributed by atoms with Gasteiger partial charge in [-0.25, -0.2) is 0 Å². The summed E-state index contributed by atoms with van der Waals surface area (Å²) in [6.45, 7) is 0. The average Bonchev–Trinajstić information content (AvgIpc) is 2.30. The highest BCUT2D eigenvalue weighted by Gasteiger charge is 2.13. The van der Waals surface area contributed by atoms with Gasteiger partial charge in [0.25, 0.3) is 0 Å². The molecule has 15 heavy (non-hydrogen) atoms. The Morgan fingerprint density at radius 1 is 1.13 bits per heavy atom. The number of benzene rings is 1. The van der Waals surface area contributed by atoms with Crippen LogP contribution in [0.2, 0.25) is 0 Å². The molecule has 1 aromatic carbocycles. The van der Waals surface area contributed by atoms with Gasteiger partial charge in [-0.3, -0.25) is 0 Å². The summed E-state index contributed by atoms with van der Waals surface area (Å²) in [5.41, 5.74) is 2.85. The lowest BCUT2D eigenvalue weighted by Gasteiger charge is -2.12. The fraction of sp³-hybridized carbons (Fsp3) is 0.154. The van der Waals surface area contributed by atoms with Crippen LogP contribution < -0.4 is 0 Å². The van der Waals surface area contributed by atoms with Crippen LogP contribution >= 0.6 is 11.6 Å². The van der Waals surface area contributed by atoms with Crippen molar-refractivity contribution in [3.05, 3.63) is 52.6 Å². The first-order chi connectivity index (χ1) is 7.31. The van der Waals surface area contributed by atoms with Gasteiger partial charge < -0.3 is 0 Å². The van der Waals surface area contributed by atoms with Crippen molar-refractivity contribution >= 4 is 17.2 Å². The van der Waals surface area contributed by atoms with Gasteiger partial charge in [0.1, 0.15) is 0 Å². The molecule has 1 aliphatic rings. The van der Waals surface area contributed by atoms with Gasteiger partial charge in [0.05, 0.1) is 6.07 Å². The number of halogens is 1. The lowest BCUT2D eigenvalue weighted by atomic mass is 9.93. The summed E-state index contributed by atoms with van der Waals surface area (Å²) in [6, 6.07) is 12.1. The zero-order valence-corrected chi connectivity index (χ0v) is 8.96. The van der Waals surface area contributed by atoms with Crippen LogP contribution in [0.3, 0.4) is 0 Å². The molecule has 0 atom stereocenters. The van der Waals surface area contributed by atoms with E-state index in [4.69, 9.17) is 16.9 Å². The number of hydrogen-bond acceptors (Lipinski definition) is 1. The fourth-order valence-electron chi connectivity index (χ4n) is 1.69. The summed E-state index contributed by atoms with van der Waals surface area (Å²) in [6.07, 6.45) is 3.43. The Balaban J connectivity index is 2.51. The molecule has 1 aliphatic carbocycles. The molecule has 0 heterocycles. The average molecular weight is 216 g/mol. The van der Waals surface area contributed by atoms with E-state index in [1.807, 2.05) is 36.4 Å². The van der Waals surface area contributed by atoms with Crippen molar-refractivity contribution in [3.8, 4) is 6.07 Å². The largest absolute Gasteiger partial charge is 0.193 e. The minimum atomic E-state index is 0.746. The second-order valence-electron chi connectivity index (χ2n) is 3.46. The molecule has 0 fully saturated rings. The molecule has 0 aromatic heterocycles. The first kappa shape index (κ1) is 10.0. The Kier molecular flexibility index (Phi) is 2.89. The van der Waals surface area contributed by atoms with Gasteiger partial charge in [-0.15, -0.1) is 0 Å². The van der Waals surface area contributed by atoms with Crippen LogP contribution in [0.1, 0.15) is 18.4 Å². The third-order valence-electron chi connectivity index (χ3n) is 2.46. The second kappa shape index (κ2) is 4.33. The third kappa shape index (κ3) is 2.11. The van der Waals surface area contributed by atoms with E-state index in [1.54, 1.807) is 0 Å².